The summed E-state index contributed by atoms with van der Waals surface area (Å²) in [4.78, 5) is 8.59. The van der Waals surface area contributed by atoms with Crippen molar-refractivity contribution in [1.82, 2.24) is 10.3 Å². The van der Waals surface area contributed by atoms with Crippen molar-refractivity contribution in [3.05, 3.63) is 10.6 Å². The van der Waals surface area contributed by atoms with Crippen LogP contribution in [-0.2, 0) is 11.3 Å². The van der Waals surface area contributed by atoms with Crippen molar-refractivity contribution >= 4 is 16.5 Å². The highest BCUT2D eigenvalue weighted by Crippen LogP contribution is 2.29. The van der Waals surface area contributed by atoms with Gasteiger partial charge in [0, 0.05) is 31.6 Å². The molecule has 20 heavy (non-hydrogen) atoms. The van der Waals surface area contributed by atoms with E-state index >= 15 is 0 Å². The summed E-state index contributed by atoms with van der Waals surface area (Å²) in [6.07, 6.45) is 3.70. The van der Waals surface area contributed by atoms with Crippen LogP contribution in [0, 0.1) is 12.8 Å². The average Bonchev–Trinajstić information content (AvgIpc) is 2.82. The molecule has 1 saturated heterocycles. The molecule has 1 unspecified atom stereocenters. The predicted molar refractivity (Wildman–Crippen MR) is 85.7 cm³/mol. The van der Waals surface area contributed by atoms with Crippen LogP contribution < -0.4 is 10.2 Å². The van der Waals surface area contributed by atoms with Gasteiger partial charge in [-0.2, -0.15) is 0 Å². The minimum atomic E-state index is 0.652. The van der Waals surface area contributed by atoms with E-state index in [1.54, 1.807) is 7.11 Å². The zero-order chi connectivity index (χ0) is 14.4. The molecule has 1 aliphatic rings. The highest BCUT2D eigenvalue weighted by molar-refractivity contribution is 7.15. The maximum atomic E-state index is 5.31. The van der Waals surface area contributed by atoms with Crippen LogP contribution in [0.15, 0.2) is 0 Å². The fraction of sp³-hybridized carbons (Fsp3) is 0.800. The van der Waals surface area contributed by atoms with E-state index in [9.17, 15) is 0 Å². The van der Waals surface area contributed by atoms with Gasteiger partial charge in [0.1, 0.15) is 0 Å². The molecule has 5 heteroatoms. The Morgan fingerprint density at radius 2 is 2.35 bits per heavy atom. The van der Waals surface area contributed by atoms with Gasteiger partial charge in [0.25, 0.3) is 0 Å². The van der Waals surface area contributed by atoms with E-state index in [4.69, 9.17) is 9.72 Å². The number of nitrogens with one attached hydrogen (secondary N) is 1. The molecule has 0 aliphatic carbocycles. The molecule has 1 N–H and O–H groups in total. The van der Waals surface area contributed by atoms with Crippen LogP contribution in [0.4, 0.5) is 5.13 Å². The van der Waals surface area contributed by atoms with Crippen molar-refractivity contribution in [2.45, 2.75) is 39.7 Å². The number of aromatic nitrogens is 1. The van der Waals surface area contributed by atoms with Crippen molar-refractivity contribution in [2.24, 2.45) is 5.92 Å². The van der Waals surface area contributed by atoms with Gasteiger partial charge >= 0.3 is 0 Å². The third-order valence-corrected chi connectivity index (χ3v) is 5.00. The maximum Gasteiger partial charge on any atom is 0.185 e. The molecule has 1 aromatic heterocycles. The molecule has 0 spiro atoms. The maximum absolute atomic E-state index is 5.31. The molecule has 1 atom stereocenters. The lowest BCUT2D eigenvalue weighted by atomic mass is 9.99. The van der Waals surface area contributed by atoms with E-state index < -0.39 is 0 Å². The summed E-state index contributed by atoms with van der Waals surface area (Å²) in [6.45, 7) is 9.43. The first-order chi connectivity index (χ1) is 9.74. The van der Waals surface area contributed by atoms with Crippen LogP contribution in [0.5, 0.6) is 0 Å². The number of methoxy groups -OCH3 is 1. The van der Waals surface area contributed by atoms with E-state index in [-0.39, 0.29) is 0 Å². The third-order valence-electron chi connectivity index (χ3n) is 3.79. The second-order valence-corrected chi connectivity index (χ2v) is 6.65. The average molecular weight is 297 g/mol. The minimum absolute atomic E-state index is 0.652. The highest BCUT2D eigenvalue weighted by Gasteiger charge is 2.22. The normalized spacial score (nSPS) is 19.6. The van der Waals surface area contributed by atoms with Crippen molar-refractivity contribution < 1.29 is 4.74 Å². The topological polar surface area (TPSA) is 37.4 Å². The van der Waals surface area contributed by atoms with Gasteiger partial charge in [0.15, 0.2) is 5.13 Å². The number of hydrogen-bond donors (Lipinski definition) is 1. The van der Waals surface area contributed by atoms with Gasteiger partial charge in [0.2, 0.25) is 0 Å². The van der Waals surface area contributed by atoms with E-state index in [1.165, 1.54) is 35.0 Å². The molecule has 0 amide bonds. The lowest BCUT2D eigenvalue weighted by molar-refractivity contribution is 0.143. The molecule has 1 aromatic rings. The minimum Gasteiger partial charge on any atom is -0.384 e. The monoisotopic (exact) mass is 297 g/mol. The van der Waals surface area contributed by atoms with Crippen molar-refractivity contribution in [3.8, 4) is 0 Å². The first-order valence-electron chi connectivity index (χ1n) is 7.65. The molecule has 0 aromatic carbocycles. The molecule has 0 saturated carbocycles. The smallest absolute Gasteiger partial charge is 0.185 e. The fourth-order valence-corrected chi connectivity index (χ4v) is 3.77. The van der Waals surface area contributed by atoms with Gasteiger partial charge in [-0.25, -0.2) is 4.98 Å². The van der Waals surface area contributed by atoms with E-state index in [0.717, 1.165) is 32.8 Å². The molecule has 1 fully saturated rings. The number of hydrogen-bond acceptors (Lipinski definition) is 5. The number of ether oxygens (including phenoxy) is 1. The number of anilines is 1. The Bertz CT molecular complexity index is 406. The van der Waals surface area contributed by atoms with Crippen LogP contribution in [0.25, 0.3) is 0 Å². The van der Waals surface area contributed by atoms with E-state index in [1.807, 2.05) is 11.3 Å². The Labute approximate surface area is 126 Å². The number of rotatable bonds is 7. The molecule has 0 bridgehead atoms. The molecule has 0 radical (unpaired) electrons. The quantitative estimate of drug-likeness (QED) is 0.785. The predicted octanol–water partition coefficient (Wildman–Crippen LogP) is 2.81. The molecular formula is C15H27N3OS. The third kappa shape index (κ3) is 4.17. The van der Waals surface area contributed by atoms with Gasteiger partial charge in [-0.1, -0.05) is 6.92 Å². The lowest BCUT2D eigenvalue weighted by Gasteiger charge is -2.32. The molecule has 2 heterocycles. The molecule has 4 nitrogen and oxygen atoms in total. The Morgan fingerprint density at radius 3 is 3.10 bits per heavy atom. The number of piperidine rings is 1. The summed E-state index contributed by atoms with van der Waals surface area (Å²) in [7, 11) is 1.80. The second kappa shape index (κ2) is 7.96. The summed E-state index contributed by atoms with van der Waals surface area (Å²) in [5, 5.41) is 4.66. The van der Waals surface area contributed by atoms with Gasteiger partial charge in [-0.15, -0.1) is 11.3 Å². The SMILES string of the molecule is CCCNCc1sc(N2CCCC(COC)C2)nc1C. The van der Waals surface area contributed by atoms with Crippen LogP contribution >= 0.6 is 11.3 Å². The first kappa shape index (κ1) is 15.7. The van der Waals surface area contributed by atoms with Gasteiger partial charge in [-0.05, 0) is 38.6 Å². The van der Waals surface area contributed by atoms with Crippen LogP contribution in [-0.4, -0.2) is 38.3 Å². The summed E-state index contributed by atoms with van der Waals surface area (Å²) in [5.74, 6) is 0.652. The van der Waals surface area contributed by atoms with Crippen molar-refractivity contribution in [2.75, 3.05) is 38.3 Å². The summed E-state index contributed by atoms with van der Waals surface area (Å²) in [6, 6.07) is 0. The van der Waals surface area contributed by atoms with Crippen molar-refractivity contribution in [1.29, 1.82) is 0 Å². The zero-order valence-corrected chi connectivity index (χ0v) is 13.8. The van der Waals surface area contributed by atoms with Crippen LogP contribution in [0.2, 0.25) is 0 Å². The number of thiazole rings is 1. The highest BCUT2D eigenvalue weighted by atomic mass is 32.1. The number of nitrogens with zero attached hydrogens (tertiary/aromatic N) is 2. The van der Waals surface area contributed by atoms with E-state index in [0.29, 0.717) is 5.92 Å². The van der Waals surface area contributed by atoms with Crippen LogP contribution in [0.1, 0.15) is 36.8 Å². The summed E-state index contributed by atoms with van der Waals surface area (Å²) < 4.78 is 5.31. The summed E-state index contributed by atoms with van der Waals surface area (Å²) >= 11 is 1.85. The Hall–Kier alpha value is -0.650. The van der Waals surface area contributed by atoms with Crippen LogP contribution in [0.3, 0.4) is 0 Å². The standard InChI is InChI=1S/C15H27N3OS/c1-4-7-16-9-14-12(2)17-15(20-14)18-8-5-6-13(10-18)11-19-3/h13,16H,4-11H2,1-3H3. The largest absolute Gasteiger partial charge is 0.384 e. The molecule has 1 aliphatic heterocycles. The van der Waals surface area contributed by atoms with Gasteiger partial charge in [0.05, 0.1) is 12.3 Å². The number of aryl methyl sites for hydroxylation is 1. The fourth-order valence-electron chi connectivity index (χ4n) is 2.70. The Morgan fingerprint density at radius 1 is 1.50 bits per heavy atom. The zero-order valence-electron chi connectivity index (χ0n) is 12.9. The molecule has 114 valence electrons. The lowest BCUT2D eigenvalue weighted by Crippen LogP contribution is -2.37. The second-order valence-electron chi connectivity index (χ2n) is 5.59. The van der Waals surface area contributed by atoms with E-state index in [2.05, 4.69) is 24.1 Å². The first-order valence-corrected chi connectivity index (χ1v) is 8.47. The molecular weight excluding hydrogens is 270 g/mol. The van der Waals surface area contributed by atoms with Gasteiger partial charge < -0.3 is 15.0 Å². The summed E-state index contributed by atoms with van der Waals surface area (Å²) in [5.41, 5.74) is 1.18. The van der Waals surface area contributed by atoms with Gasteiger partial charge in [-0.3, -0.25) is 0 Å². The van der Waals surface area contributed by atoms with Crippen molar-refractivity contribution in [3.63, 3.8) is 0 Å². The molecule has 2 rings (SSSR count). The Kier molecular flexibility index (Phi) is 6.26. The Balaban J connectivity index is 1.96.